The van der Waals surface area contributed by atoms with Crippen LogP contribution in [0.15, 0.2) is 26.8 Å². The van der Waals surface area contributed by atoms with E-state index in [1.54, 1.807) is 13.8 Å². The van der Waals surface area contributed by atoms with Gasteiger partial charge in [-0.3, -0.25) is 15.5 Å². The van der Waals surface area contributed by atoms with Crippen molar-refractivity contribution in [2.45, 2.75) is 44.2 Å². The average Bonchev–Trinajstić information content (AvgIpc) is 3.16. The van der Waals surface area contributed by atoms with Crippen LogP contribution in [0.1, 0.15) is 13.8 Å². The molecule has 3 rings (SSSR count). The summed E-state index contributed by atoms with van der Waals surface area (Å²) in [6, 6.07) is 0. The predicted molar refractivity (Wildman–Crippen MR) is 76.3 cm³/mol. The quantitative estimate of drug-likeness (QED) is 0.204. The number of hydrazine groups is 1. The van der Waals surface area contributed by atoms with E-state index in [1.807, 2.05) is 0 Å². The Labute approximate surface area is 135 Å². The SMILES string of the molecule is CC1(C)O[C@@H]2[C@H](O1)[C@@H](CO)O[C@H]2/N=C(N)/C(=C1\N=NNN1)[N+](=O)[O-]. The van der Waals surface area contributed by atoms with Crippen LogP contribution in [0.3, 0.4) is 0 Å². The van der Waals surface area contributed by atoms with Crippen molar-refractivity contribution in [1.29, 1.82) is 0 Å². The fourth-order valence-electron chi connectivity index (χ4n) is 2.69. The van der Waals surface area contributed by atoms with Crippen LogP contribution in [0.5, 0.6) is 0 Å². The molecule has 0 bridgehead atoms. The zero-order valence-corrected chi connectivity index (χ0v) is 12.9. The number of nitrogens with two attached hydrogens (primary N) is 1. The molecule has 0 aromatic carbocycles. The normalized spacial score (nSPS) is 36.2. The van der Waals surface area contributed by atoms with Gasteiger partial charge >= 0.3 is 5.70 Å². The number of fused-ring (bicyclic) bond motifs is 1. The van der Waals surface area contributed by atoms with E-state index in [0.717, 1.165) is 0 Å². The van der Waals surface area contributed by atoms with Gasteiger partial charge in [-0.1, -0.05) is 5.22 Å². The highest BCUT2D eigenvalue weighted by molar-refractivity contribution is 5.95. The van der Waals surface area contributed by atoms with Gasteiger partial charge in [0.2, 0.25) is 5.84 Å². The minimum atomic E-state index is -0.962. The third kappa shape index (κ3) is 2.89. The molecule has 24 heavy (non-hydrogen) atoms. The molecular weight excluding hydrogens is 326 g/mol. The first-order valence-corrected chi connectivity index (χ1v) is 7.08. The highest BCUT2D eigenvalue weighted by atomic mass is 16.8. The lowest BCUT2D eigenvalue weighted by atomic mass is 10.1. The first-order chi connectivity index (χ1) is 11.3. The van der Waals surface area contributed by atoms with Crippen LogP contribution in [0.2, 0.25) is 0 Å². The van der Waals surface area contributed by atoms with Crippen LogP contribution in [0.4, 0.5) is 0 Å². The summed E-state index contributed by atoms with van der Waals surface area (Å²) in [5, 5.41) is 27.5. The zero-order chi connectivity index (χ0) is 17.5. The standard InChI is InChI=1S/C11H17N7O6/c1-11(2)23-6-4(3-19)22-10(7(6)24-11)13-8(12)5(18(20)21)9-14-16-17-15-9/h4,6-7,10,19H,3H2,1-2H3,(H2,12,13)(H,14,17)(H,15,16)/t4-,6-,7-,10-/m1/s1. The molecule has 5 N–H and O–H groups in total. The Morgan fingerprint density at radius 1 is 1.50 bits per heavy atom. The van der Waals surface area contributed by atoms with Crippen LogP contribution in [0.25, 0.3) is 0 Å². The summed E-state index contributed by atoms with van der Waals surface area (Å²) in [5.41, 5.74) is 9.82. The minimum absolute atomic E-state index is 0.182. The van der Waals surface area contributed by atoms with E-state index >= 15 is 0 Å². The monoisotopic (exact) mass is 343 g/mol. The van der Waals surface area contributed by atoms with Gasteiger partial charge in [-0.15, -0.1) is 5.11 Å². The van der Waals surface area contributed by atoms with Crippen LogP contribution in [-0.4, -0.2) is 52.8 Å². The molecule has 0 unspecified atom stereocenters. The molecule has 0 saturated carbocycles. The second-order valence-electron chi connectivity index (χ2n) is 5.72. The first-order valence-electron chi connectivity index (χ1n) is 7.08. The van der Waals surface area contributed by atoms with E-state index in [2.05, 4.69) is 26.3 Å². The fourth-order valence-corrected chi connectivity index (χ4v) is 2.69. The van der Waals surface area contributed by atoms with Crippen molar-refractivity contribution in [2.75, 3.05) is 6.61 Å². The molecule has 13 heteroatoms. The summed E-state index contributed by atoms with van der Waals surface area (Å²) in [6.07, 6.45) is -2.83. The lowest BCUT2D eigenvalue weighted by Crippen LogP contribution is -2.33. The van der Waals surface area contributed by atoms with Crippen molar-refractivity contribution in [3.8, 4) is 0 Å². The number of aliphatic imine (C=N–C) groups is 1. The molecule has 0 aliphatic carbocycles. The summed E-state index contributed by atoms with van der Waals surface area (Å²) >= 11 is 0. The van der Waals surface area contributed by atoms with Crippen molar-refractivity contribution < 1.29 is 24.2 Å². The van der Waals surface area contributed by atoms with Crippen molar-refractivity contribution in [3.63, 3.8) is 0 Å². The van der Waals surface area contributed by atoms with Gasteiger partial charge in [0.05, 0.1) is 11.5 Å². The van der Waals surface area contributed by atoms with E-state index in [1.165, 1.54) is 0 Å². The third-order valence-corrected chi connectivity index (χ3v) is 3.60. The van der Waals surface area contributed by atoms with Gasteiger partial charge in [-0.25, -0.2) is 10.5 Å². The van der Waals surface area contributed by atoms with Crippen molar-refractivity contribution >= 4 is 5.84 Å². The molecule has 4 atom stereocenters. The highest BCUT2D eigenvalue weighted by Gasteiger charge is 2.55. The van der Waals surface area contributed by atoms with E-state index in [0.29, 0.717) is 0 Å². The number of aliphatic hydroxyl groups excluding tert-OH is 1. The number of amidine groups is 1. The van der Waals surface area contributed by atoms with Crippen LogP contribution < -0.4 is 16.7 Å². The summed E-state index contributed by atoms with van der Waals surface area (Å²) in [5.74, 6) is -1.48. The smallest absolute Gasteiger partial charge is 0.356 e. The van der Waals surface area contributed by atoms with Gasteiger partial charge in [0.1, 0.15) is 18.3 Å². The number of hydrogen-bond donors (Lipinski definition) is 4. The van der Waals surface area contributed by atoms with E-state index in [-0.39, 0.29) is 12.4 Å². The molecule has 0 aromatic rings. The maximum Gasteiger partial charge on any atom is 0.356 e. The minimum Gasteiger partial charge on any atom is -0.394 e. The van der Waals surface area contributed by atoms with Gasteiger partial charge in [-0.05, 0) is 13.8 Å². The Morgan fingerprint density at radius 2 is 2.21 bits per heavy atom. The van der Waals surface area contributed by atoms with Crippen molar-refractivity contribution in [1.82, 2.24) is 11.0 Å². The molecule has 0 radical (unpaired) electrons. The van der Waals surface area contributed by atoms with Crippen molar-refractivity contribution in [3.05, 3.63) is 21.6 Å². The van der Waals surface area contributed by atoms with Gasteiger partial charge in [0.25, 0.3) is 5.82 Å². The first kappa shape index (κ1) is 16.5. The van der Waals surface area contributed by atoms with Crippen molar-refractivity contribution in [2.24, 2.45) is 21.1 Å². The molecule has 0 amide bonds. The molecule has 0 spiro atoms. The second kappa shape index (κ2) is 5.94. The number of nitrogens with zero attached hydrogens (tertiary/aromatic N) is 4. The number of nitrogens with one attached hydrogen (secondary N) is 2. The van der Waals surface area contributed by atoms with E-state index in [9.17, 15) is 15.2 Å². The Morgan fingerprint density at radius 3 is 2.79 bits per heavy atom. The van der Waals surface area contributed by atoms with Crippen LogP contribution in [-0.2, 0) is 14.2 Å². The molecule has 2 saturated heterocycles. The maximum absolute atomic E-state index is 11.2. The average molecular weight is 343 g/mol. The maximum atomic E-state index is 11.2. The van der Waals surface area contributed by atoms with Gasteiger partial charge in [-0.2, -0.15) is 0 Å². The van der Waals surface area contributed by atoms with Crippen LogP contribution in [0, 0.1) is 10.1 Å². The molecule has 3 heterocycles. The van der Waals surface area contributed by atoms with Gasteiger partial charge in [0, 0.05) is 0 Å². The van der Waals surface area contributed by atoms with Gasteiger partial charge < -0.3 is 25.1 Å². The Bertz CT molecular complexity index is 632. The molecule has 0 aromatic heterocycles. The molecule has 132 valence electrons. The zero-order valence-electron chi connectivity index (χ0n) is 12.9. The second-order valence-corrected chi connectivity index (χ2v) is 5.72. The fraction of sp³-hybridized carbons (Fsp3) is 0.727. The number of nitro groups is 1. The Kier molecular flexibility index (Phi) is 4.08. The predicted octanol–water partition coefficient (Wildman–Crippen LogP) is -1.50. The Hall–Kier alpha value is -2.35. The topological polar surface area (TPSA) is 178 Å². The molecule has 3 aliphatic heterocycles. The molecule has 2 fully saturated rings. The van der Waals surface area contributed by atoms with E-state index < -0.39 is 46.8 Å². The van der Waals surface area contributed by atoms with E-state index in [4.69, 9.17) is 19.9 Å². The summed E-state index contributed by atoms with van der Waals surface area (Å²) in [7, 11) is 0. The lowest BCUT2D eigenvalue weighted by molar-refractivity contribution is -0.416. The summed E-state index contributed by atoms with van der Waals surface area (Å²) in [6.45, 7) is 3.11. The summed E-state index contributed by atoms with van der Waals surface area (Å²) < 4.78 is 16.9. The lowest BCUT2D eigenvalue weighted by Gasteiger charge is -2.22. The number of aliphatic hydroxyl groups is 1. The third-order valence-electron chi connectivity index (χ3n) is 3.60. The number of rotatable bonds is 4. The largest absolute Gasteiger partial charge is 0.394 e. The van der Waals surface area contributed by atoms with Gasteiger partial charge in [0.15, 0.2) is 12.0 Å². The molecule has 13 nitrogen and oxygen atoms in total. The number of hydrogen-bond acceptors (Lipinski definition) is 11. The number of ether oxygens (including phenoxy) is 3. The highest BCUT2D eigenvalue weighted by Crippen LogP contribution is 2.39. The Balaban J connectivity index is 1.88. The molecular formula is C11H17N7O6. The van der Waals surface area contributed by atoms with Crippen LogP contribution >= 0.6 is 0 Å². The summed E-state index contributed by atoms with van der Waals surface area (Å²) in [4.78, 5) is 14.5. The molecule has 3 aliphatic rings.